The molecule has 0 saturated heterocycles. The summed E-state index contributed by atoms with van der Waals surface area (Å²) in [6.07, 6.45) is 24.0. The van der Waals surface area contributed by atoms with Crippen molar-refractivity contribution in [1.82, 2.24) is 0 Å². The van der Waals surface area contributed by atoms with Gasteiger partial charge >= 0.3 is 182 Å². The summed E-state index contributed by atoms with van der Waals surface area (Å²) in [7, 11) is 0. The van der Waals surface area contributed by atoms with Crippen molar-refractivity contribution in [2.24, 2.45) is 0 Å². The molecule has 2 aliphatic rings. The Morgan fingerprint density at radius 1 is 0.586 bits per heavy atom. The van der Waals surface area contributed by atoms with Crippen molar-refractivity contribution < 1.29 is 23.2 Å². The van der Waals surface area contributed by atoms with E-state index in [0.29, 0.717) is 0 Å². The van der Waals surface area contributed by atoms with Gasteiger partial charge in [0.15, 0.2) is 0 Å². The molecule has 2 aliphatic carbocycles. The fourth-order valence-corrected chi connectivity index (χ4v) is 8.38. The first kappa shape index (κ1) is 29.4. The van der Waals surface area contributed by atoms with Crippen LogP contribution in [0.25, 0.3) is 0 Å². The number of hydrogen-bond donors (Lipinski definition) is 0. The monoisotopic (exact) mass is 516 g/mol. The summed E-state index contributed by atoms with van der Waals surface area (Å²) in [4.78, 5) is 0. The van der Waals surface area contributed by atoms with Crippen LogP contribution in [-0.4, -0.2) is 0 Å². The molecule has 166 valence electrons. The van der Waals surface area contributed by atoms with E-state index in [-0.39, 0.29) is 24.8 Å². The van der Waals surface area contributed by atoms with Gasteiger partial charge in [-0.1, -0.05) is 0 Å². The smallest absolute Gasteiger partial charge is 0.147 e. The quantitative estimate of drug-likeness (QED) is 0.215. The van der Waals surface area contributed by atoms with Gasteiger partial charge in [0.05, 0.1) is 0 Å². The van der Waals surface area contributed by atoms with Gasteiger partial charge in [-0.3, -0.25) is 0 Å². The third-order valence-corrected chi connectivity index (χ3v) is 10.0. The number of unbranched alkanes of at least 4 members (excludes halogenated alkanes) is 4. The number of rotatable bonds is 14. The molecule has 0 bridgehead atoms. The van der Waals surface area contributed by atoms with Crippen molar-refractivity contribution in [2.45, 2.75) is 118 Å². The van der Waals surface area contributed by atoms with Crippen LogP contribution in [0.1, 0.15) is 118 Å². The van der Waals surface area contributed by atoms with E-state index >= 15 is 0 Å². The molecule has 0 amide bonds. The average molecular weight is 519 g/mol. The van der Waals surface area contributed by atoms with Crippen molar-refractivity contribution >= 4 is 24.8 Å². The molecule has 0 aromatic carbocycles. The molecule has 0 saturated carbocycles. The molecule has 2 rings (SSSR count). The molecule has 0 fully saturated rings. The first-order chi connectivity index (χ1) is 13.2. The van der Waals surface area contributed by atoms with Crippen molar-refractivity contribution in [2.75, 3.05) is 0 Å². The van der Waals surface area contributed by atoms with Crippen molar-refractivity contribution in [3.05, 3.63) is 41.0 Å². The Hall–Kier alpha value is 0.423. The van der Waals surface area contributed by atoms with Crippen LogP contribution in [0.15, 0.2) is 41.0 Å². The second-order valence-electron chi connectivity index (χ2n) is 8.32. The minimum Gasteiger partial charge on any atom is -0.147 e. The van der Waals surface area contributed by atoms with E-state index in [1.807, 2.05) is 17.7 Å². The number of hydrogen-bond acceptors (Lipinski definition) is 0. The zero-order valence-corrected chi connectivity index (χ0v) is 23.5. The van der Waals surface area contributed by atoms with Crippen LogP contribution in [0.2, 0.25) is 0 Å². The second kappa shape index (κ2) is 17.0. The topological polar surface area (TPSA) is 0 Å². The number of allylic oxidation sites excluding steroid dienone is 8. The second-order valence-corrected chi connectivity index (χ2v) is 11.9. The molecule has 0 atom stereocenters. The van der Waals surface area contributed by atoms with E-state index in [0.717, 1.165) is 0 Å². The van der Waals surface area contributed by atoms with Crippen molar-refractivity contribution in [1.29, 1.82) is 0 Å². The Bertz CT molecular complexity index is 544. The van der Waals surface area contributed by atoms with E-state index in [1.54, 1.807) is 11.1 Å². The zero-order chi connectivity index (χ0) is 19.5. The maximum absolute atomic E-state index is 2.61. The van der Waals surface area contributed by atoms with Gasteiger partial charge in [0.2, 0.25) is 0 Å². The molecule has 0 aromatic rings. The average Bonchev–Trinajstić information content (AvgIpc) is 3.25. The van der Waals surface area contributed by atoms with Gasteiger partial charge in [0.25, 0.3) is 0 Å². The minimum absolute atomic E-state index is 0. The van der Waals surface area contributed by atoms with Crippen molar-refractivity contribution in [3.63, 3.8) is 0 Å². The van der Waals surface area contributed by atoms with Crippen LogP contribution in [0.5, 0.6) is 0 Å². The third-order valence-electron chi connectivity index (χ3n) is 6.07. The summed E-state index contributed by atoms with van der Waals surface area (Å²) < 4.78 is 3.87. The number of halogens is 2. The normalized spacial score (nSPS) is 15.9. The van der Waals surface area contributed by atoms with Crippen LogP contribution in [0, 0.1) is 0 Å². The Morgan fingerprint density at radius 2 is 0.931 bits per heavy atom. The maximum atomic E-state index is 2.61. The van der Waals surface area contributed by atoms with E-state index < -0.39 is 23.2 Å². The molecule has 0 N–H and O–H groups in total. The predicted molar refractivity (Wildman–Crippen MR) is 132 cm³/mol. The summed E-state index contributed by atoms with van der Waals surface area (Å²) in [6.45, 7) is 9.35. The van der Waals surface area contributed by atoms with Crippen LogP contribution >= 0.6 is 24.8 Å². The van der Waals surface area contributed by atoms with E-state index in [1.165, 1.54) is 89.9 Å². The zero-order valence-electron chi connectivity index (χ0n) is 19.4. The van der Waals surface area contributed by atoms with E-state index in [9.17, 15) is 0 Å². The van der Waals surface area contributed by atoms with Crippen LogP contribution in [0.4, 0.5) is 0 Å². The van der Waals surface area contributed by atoms with Crippen LogP contribution in [-0.2, 0) is 23.2 Å². The van der Waals surface area contributed by atoms with Gasteiger partial charge in [-0.2, -0.15) is 0 Å². The molecule has 0 aliphatic heterocycles. The Balaban J connectivity index is 0.00000392. The fraction of sp³-hybridized carbons (Fsp3) is 0.692. The Kier molecular flexibility index (Phi) is 17.3. The molecular weight excluding hydrogens is 474 g/mol. The van der Waals surface area contributed by atoms with Gasteiger partial charge < -0.3 is 0 Å². The largest absolute Gasteiger partial charge is 0.147 e. The van der Waals surface area contributed by atoms with E-state index in [4.69, 9.17) is 0 Å². The molecule has 3 heteroatoms. The maximum Gasteiger partial charge on any atom is -0.147 e. The Morgan fingerprint density at radius 3 is 1.28 bits per heavy atom. The summed E-state index contributed by atoms with van der Waals surface area (Å²) in [5.41, 5.74) is 7.16. The minimum atomic E-state index is -0.578. The third kappa shape index (κ3) is 9.21. The standard InChI is InChI=1S/2C13H21.2ClH.Zr/c2*1-3-5-8-12-10-7-11-13(12)9-6-4-2;;;/h2*10H,3-9H2,1-2H3;2*1H;. The van der Waals surface area contributed by atoms with Gasteiger partial charge in [0.1, 0.15) is 0 Å². The predicted octanol–water partition coefficient (Wildman–Crippen LogP) is 9.84. The van der Waals surface area contributed by atoms with Crippen molar-refractivity contribution in [3.8, 4) is 0 Å². The molecule has 0 radical (unpaired) electrons. The van der Waals surface area contributed by atoms with Crippen LogP contribution < -0.4 is 0 Å². The molecule has 0 heterocycles. The summed E-state index contributed by atoms with van der Waals surface area (Å²) in [5.74, 6) is 0. The first-order valence-electron chi connectivity index (χ1n) is 11.8. The van der Waals surface area contributed by atoms with E-state index in [2.05, 4.69) is 39.8 Å². The van der Waals surface area contributed by atoms with Gasteiger partial charge in [-0.25, -0.2) is 0 Å². The molecule has 0 spiro atoms. The first-order valence-corrected chi connectivity index (χ1v) is 14.3. The SMILES string of the molecule is CCCCC1=CC[C]([Zr][C]2=C(CCCC)C(CCCC)=CC2)=C1CCCC.Cl.Cl. The summed E-state index contributed by atoms with van der Waals surface area (Å²) in [5, 5.41) is 0. The van der Waals surface area contributed by atoms with Gasteiger partial charge in [0, 0.05) is 0 Å². The van der Waals surface area contributed by atoms with Crippen LogP contribution in [0.3, 0.4) is 0 Å². The molecule has 0 aromatic heterocycles. The summed E-state index contributed by atoms with van der Waals surface area (Å²) >= 11 is -0.578. The molecule has 0 unspecified atom stereocenters. The molecular formula is C26H44Cl2Zr. The molecule has 29 heavy (non-hydrogen) atoms. The Labute approximate surface area is 205 Å². The van der Waals surface area contributed by atoms with Gasteiger partial charge in [-0.05, 0) is 0 Å². The summed E-state index contributed by atoms with van der Waals surface area (Å²) in [6, 6.07) is 0. The fourth-order valence-electron chi connectivity index (χ4n) is 4.34. The molecule has 0 nitrogen and oxygen atoms in total. The van der Waals surface area contributed by atoms with Gasteiger partial charge in [-0.15, -0.1) is 24.8 Å².